The number of fused-ring (bicyclic) bond motifs is 2. The maximum absolute atomic E-state index is 13.0. The second-order valence-electron chi connectivity index (χ2n) is 10.5. The van der Waals surface area contributed by atoms with Crippen LogP contribution >= 0.6 is 11.3 Å². The number of rotatable bonds is 5. The van der Waals surface area contributed by atoms with E-state index in [9.17, 15) is 14.9 Å². The Bertz CT molecular complexity index is 1720. The van der Waals surface area contributed by atoms with Gasteiger partial charge in [0.25, 0.3) is 5.56 Å². The first-order valence-electron chi connectivity index (χ1n) is 13.3. The lowest BCUT2D eigenvalue weighted by molar-refractivity contribution is 0.592. The number of anilines is 1. The van der Waals surface area contributed by atoms with Gasteiger partial charge in [-0.15, -0.1) is 11.3 Å². The van der Waals surface area contributed by atoms with E-state index < -0.39 is 0 Å². The van der Waals surface area contributed by atoms with Crippen LogP contribution in [0, 0.1) is 11.3 Å². The molecule has 2 aliphatic heterocycles. The van der Waals surface area contributed by atoms with Crippen LogP contribution in [0.15, 0.2) is 52.3 Å². The Balaban J connectivity index is 1.35. The summed E-state index contributed by atoms with van der Waals surface area (Å²) >= 11 is 1.57. The molecule has 1 atom stereocenters. The quantitative estimate of drug-likeness (QED) is 0.428. The molecule has 38 heavy (non-hydrogen) atoms. The molecule has 1 N–H and O–H groups in total. The molecule has 0 amide bonds. The Hall–Kier alpha value is -3.74. The third-order valence-corrected chi connectivity index (χ3v) is 9.17. The Kier molecular flexibility index (Phi) is 5.68. The molecule has 0 radical (unpaired) electrons. The van der Waals surface area contributed by atoms with E-state index in [1.54, 1.807) is 22.1 Å². The third-order valence-electron chi connectivity index (χ3n) is 8.03. The Morgan fingerprint density at radius 2 is 2.00 bits per heavy atom. The van der Waals surface area contributed by atoms with Gasteiger partial charge in [-0.3, -0.25) is 18.9 Å². The monoisotopic (exact) mass is 524 g/mol. The average molecular weight is 525 g/mol. The van der Waals surface area contributed by atoms with Crippen molar-refractivity contribution in [1.29, 1.82) is 5.26 Å². The van der Waals surface area contributed by atoms with Crippen LogP contribution in [-0.2, 0) is 13.0 Å². The molecule has 2 fully saturated rings. The number of pyridine rings is 1. The topological polar surface area (TPSA) is 96.0 Å². The standard InChI is InChI=1S/C29H28N6O2S/c30-15-18-12-19-2-1-10-33(21-5-8-31-16-21)27(19)24(13-18)23-6-9-32-25-14-22(38-28(23)25)17-35-26(36)7-11-34(29(35)37)20-3-4-20/h6-7,9,11-14,20-21,31H,1-5,8,10,16-17H2/t21-/m0/s1. The average Bonchev–Trinajstić information content (AvgIpc) is 3.45. The summed E-state index contributed by atoms with van der Waals surface area (Å²) in [6.45, 7) is 3.23. The number of nitrogens with one attached hydrogen (secondary N) is 1. The molecule has 1 aromatic carbocycles. The van der Waals surface area contributed by atoms with Crippen LogP contribution in [0.2, 0.25) is 0 Å². The van der Waals surface area contributed by atoms with Crippen molar-refractivity contribution in [3.8, 4) is 17.2 Å². The number of hydrogen-bond donors (Lipinski definition) is 1. The third kappa shape index (κ3) is 3.96. The molecule has 0 spiro atoms. The highest BCUT2D eigenvalue weighted by atomic mass is 32.1. The number of aromatic nitrogens is 3. The van der Waals surface area contributed by atoms with Gasteiger partial charge >= 0.3 is 5.69 Å². The van der Waals surface area contributed by atoms with E-state index >= 15 is 0 Å². The van der Waals surface area contributed by atoms with E-state index in [0.29, 0.717) is 11.6 Å². The van der Waals surface area contributed by atoms with E-state index in [-0.39, 0.29) is 23.8 Å². The molecule has 1 saturated heterocycles. The second kappa shape index (κ2) is 9.22. The molecule has 9 heteroatoms. The first kappa shape index (κ1) is 23.4. The van der Waals surface area contributed by atoms with Gasteiger partial charge in [0.2, 0.25) is 0 Å². The van der Waals surface area contributed by atoms with Gasteiger partial charge in [-0.1, -0.05) is 0 Å². The van der Waals surface area contributed by atoms with E-state index in [2.05, 4.69) is 27.3 Å². The molecule has 3 aliphatic rings. The molecule has 1 aliphatic carbocycles. The minimum Gasteiger partial charge on any atom is -0.366 e. The van der Waals surface area contributed by atoms with Crippen LogP contribution in [0.5, 0.6) is 0 Å². The summed E-state index contributed by atoms with van der Waals surface area (Å²) in [4.78, 5) is 33.8. The number of aryl methyl sites for hydroxylation is 1. The lowest BCUT2D eigenvalue weighted by Crippen LogP contribution is -2.40. The predicted octanol–water partition coefficient (Wildman–Crippen LogP) is 3.66. The summed E-state index contributed by atoms with van der Waals surface area (Å²) < 4.78 is 4.03. The molecule has 4 aromatic rings. The highest BCUT2D eigenvalue weighted by molar-refractivity contribution is 7.19. The fourth-order valence-corrected chi connectivity index (χ4v) is 7.19. The molecule has 7 rings (SSSR count). The maximum atomic E-state index is 13.0. The van der Waals surface area contributed by atoms with E-state index in [0.717, 1.165) is 78.0 Å². The molecule has 1 saturated carbocycles. The number of benzene rings is 1. The van der Waals surface area contributed by atoms with Crippen LogP contribution in [-0.4, -0.2) is 39.8 Å². The second-order valence-corrected chi connectivity index (χ2v) is 11.7. The molecular weight excluding hydrogens is 496 g/mol. The van der Waals surface area contributed by atoms with Crippen LogP contribution < -0.4 is 21.5 Å². The fourth-order valence-electron chi connectivity index (χ4n) is 6.06. The number of thiophene rings is 1. The molecule has 5 heterocycles. The van der Waals surface area contributed by atoms with Crippen molar-refractivity contribution in [3.63, 3.8) is 0 Å². The summed E-state index contributed by atoms with van der Waals surface area (Å²) in [7, 11) is 0. The lowest BCUT2D eigenvalue weighted by Gasteiger charge is -2.38. The molecule has 0 unspecified atom stereocenters. The maximum Gasteiger partial charge on any atom is 0.331 e. The minimum absolute atomic E-state index is 0.210. The molecule has 3 aromatic heterocycles. The SMILES string of the molecule is N#Cc1cc2c(c(-c3ccnc4cc(Cn5c(=O)ccn(C6CC6)c5=O)sc34)c1)N([C@H]1CCNC1)CCC2. The van der Waals surface area contributed by atoms with E-state index in [1.807, 2.05) is 24.4 Å². The van der Waals surface area contributed by atoms with Crippen molar-refractivity contribution >= 4 is 27.2 Å². The van der Waals surface area contributed by atoms with E-state index in [1.165, 1.54) is 21.9 Å². The van der Waals surface area contributed by atoms with Gasteiger partial charge in [-0.2, -0.15) is 5.26 Å². The van der Waals surface area contributed by atoms with Gasteiger partial charge in [0.05, 0.1) is 28.4 Å². The predicted molar refractivity (Wildman–Crippen MR) is 149 cm³/mol. The highest BCUT2D eigenvalue weighted by Crippen LogP contribution is 2.44. The van der Waals surface area contributed by atoms with Gasteiger partial charge < -0.3 is 10.2 Å². The summed E-state index contributed by atoms with van der Waals surface area (Å²) in [5.74, 6) is 0. The molecular formula is C29H28N6O2S. The van der Waals surface area contributed by atoms with Gasteiger partial charge in [0.1, 0.15) is 0 Å². The molecule has 192 valence electrons. The molecule has 8 nitrogen and oxygen atoms in total. The van der Waals surface area contributed by atoms with Crippen LogP contribution in [0.4, 0.5) is 5.69 Å². The largest absolute Gasteiger partial charge is 0.366 e. The van der Waals surface area contributed by atoms with Crippen molar-refractivity contribution in [2.45, 2.75) is 50.7 Å². The summed E-state index contributed by atoms with van der Waals surface area (Å²) in [5.41, 5.74) is 5.57. The van der Waals surface area contributed by atoms with Crippen molar-refractivity contribution in [2.75, 3.05) is 24.5 Å². The number of nitrogens with zero attached hydrogens (tertiary/aromatic N) is 5. The van der Waals surface area contributed by atoms with Crippen LogP contribution in [0.1, 0.15) is 47.7 Å². The van der Waals surface area contributed by atoms with Crippen molar-refractivity contribution in [3.05, 3.63) is 79.6 Å². The highest BCUT2D eigenvalue weighted by Gasteiger charge is 2.30. The zero-order valence-electron chi connectivity index (χ0n) is 21.0. The van der Waals surface area contributed by atoms with Gasteiger partial charge in [0, 0.05) is 65.3 Å². The Morgan fingerprint density at radius 3 is 2.79 bits per heavy atom. The Labute approximate surface area is 223 Å². The normalized spacial score (nSPS) is 19.0. The summed E-state index contributed by atoms with van der Waals surface area (Å²) in [6, 6.07) is 12.6. The van der Waals surface area contributed by atoms with Gasteiger partial charge in [0.15, 0.2) is 0 Å². The number of nitriles is 1. The van der Waals surface area contributed by atoms with Crippen molar-refractivity contribution < 1.29 is 0 Å². The summed E-state index contributed by atoms with van der Waals surface area (Å²) in [5, 5.41) is 13.3. The van der Waals surface area contributed by atoms with Crippen molar-refractivity contribution in [2.24, 2.45) is 0 Å². The first-order chi connectivity index (χ1) is 18.6. The fraction of sp³-hybridized carbons (Fsp3) is 0.379. The van der Waals surface area contributed by atoms with Crippen LogP contribution in [0.25, 0.3) is 21.3 Å². The van der Waals surface area contributed by atoms with Gasteiger partial charge in [-0.25, -0.2) is 4.79 Å². The minimum atomic E-state index is -0.283. The van der Waals surface area contributed by atoms with Crippen molar-refractivity contribution in [1.82, 2.24) is 19.4 Å². The molecule has 0 bridgehead atoms. The zero-order chi connectivity index (χ0) is 25.8. The Morgan fingerprint density at radius 1 is 1.11 bits per heavy atom. The lowest BCUT2D eigenvalue weighted by atomic mass is 9.90. The van der Waals surface area contributed by atoms with Crippen LogP contribution in [0.3, 0.4) is 0 Å². The first-order valence-corrected chi connectivity index (χ1v) is 14.2. The van der Waals surface area contributed by atoms with Gasteiger partial charge in [-0.05, 0) is 68.5 Å². The number of hydrogen-bond acceptors (Lipinski definition) is 7. The summed E-state index contributed by atoms with van der Waals surface area (Å²) in [6.07, 6.45) is 8.55. The smallest absolute Gasteiger partial charge is 0.331 e. The van der Waals surface area contributed by atoms with E-state index in [4.69, 9.17) is 0 Å². The zero-order valence-corrected chi connectivity index (χ0v) is 21.8.